The van der Waals surface area contributed by atoms with Gasteiger partial charge in [0, 0.05) is 12.8 Å². The zero-order valence-electron chi connectivity index (χ0n) is 19.6. The highest BCUT2D eigenvalue weighted by Gasteiger charge is 2.27. The molecule has 0 bridgehead atoms. The number of carboxylic acids is 2. The van der Waals surface area contributed by atoms with Crippen LogP contribution in [0.3, 0.4) is 0 Å². The lowest BCUT2D eigenvalue weighted by molar-refractivity contribution is -0.143. The Balaban J connectivity index is 1.95. The number of nitrogens with two attached hydrogens (primary N) is 1. The average molecular weight is 499 g/mol. The summed E-state index contributed by atoms with van der Waals surface area (Å²) in [6.45, 7) is -0.495. The van der Waals surface area contributed by atoms with Crippen molar-refractivity contribution >= 4 is 29.7 Å². The summed E-state index contributed by atoms with van der Waals surface area (Å²) in [6.07, 6.45) is -0.456. The van der Waals surface area contributed by atoms with Gasteiger partial charge in [0.1, 0.15) is 12.1 Å². The summed E-state index contributed by atoms with van der Waals surface area (Å²) in [5, 5.41) is 25.6. The molecular weight excluding hydrogens is 468 g/mol. The van der Waals surface area contributed by atoms with Crippen LogP contribution in [-0.4, -0.2) is 64.5 Å². The van der Waals surface area contributed by atoms with E-state index in [4.69, 9.17) is 10.8 Å². The Hall–Kier alpha value is -4.25. The largest absolute Gasteiger partial charge is 0.481 e. The van der Waals surface area contributed by atoms with Crippen molar-refractivity contribution in [1.29, 1.82) is 0 Å². The van der Waals surface area contributed by atoms with Gasteiger partial charge in [-0.2, -0.15) is 0 Å². The molecule has 0 heterocycles. The quantitative estimate of drug-likeness (QED) is 0.207. The minimum absolute atomic E-state index is 0.00310. The first kappa shape index (κ1) is 28.0. The van der Waals surface area contributed by atoms with Crippen LogP contribution in [0.25, 0.3) is 0 Å². The normalized spacial score (nSPS) is 13.0. The molecule has 3 unspecified atom stereocenters. The van der Waals surface area contributed by atoms with Crippen molar-refractivity contribution in [2.24, 2.45) is 5.73 Å². The van der Waals surface area contributed by atoms with Crippen LogP contribution in [0.1, 0.15) is 24.0 Å². The molecule has 7 N–H and O–H groups in total. The Labute approximate surface area is 208 Å². The summed E-state index contributed by atoms with van der Waals surface area (Å²) in [5.74, 6) is -4.65. The standard InChI is InChI=1S/C25H30N4O7/c26-18(13-16-7-3-1-4-8-16)23(33)27-15-21(30)28-19(11-12-22(31)32)24(34)29-20(25(35)36)14-17-9-5-2-6-10-17/h1-10,18-20H,11-15,26H2,(H,27,33)(H,28,30)(H,29,34)(H,31,32)(H,35,36). The zero-order chi connectivity index (χ0) is 26.5. The summed E-state index contributed by atoms with van der Waals surface area (Å²) in [4.78, 5) is 60.1. The molecule has 11 nitrogen and oxygen atoms in total. The molecule has 0 saturated carbocycles. The third-order valence-corrected chi connectivity index (χ3v) is 5.25. The molecule has 36 heavy (non-hydrogen) atoms. The summed E-state index contributed by atoms with van der Waals surface area (Å²) in [7, 11) is 0. The maximum atomic E-state index is 12.8. The van der Waals surface area contributed by atoms with Gasteiger partial charge < -0.3 is 31.9 Å². The van der Waals surface area contributed by atoms with Crippen LogP contribution in [0.4, 0.5) is 0 Å². The smallest absolute Gasteiger partial charge is 0.326 e. The van der Waals surface area contributed by atoms with Crippen LogP contribution >= 0.6 is 0 Å². The molecule has 0 aliphatic carbocycles. The summed E-state index contributed by atoms with van der Waals surface area (Å²) >= 11 is 0. The highest BCUT2D eigenvalue weighted by molar-refractivity contribution is 5.92. The van der Waals surface area contributed by atoms with Gasteiger partial charge in [0.2, 0.25) is 17.7 Å². The van der Waals surface area contributed by atoms with Gasteiger partial charge in [-0.05, 0) is 24.0 Å². The van der Waals surface area contributed by atoms with Crippen LogP contribution in [-0.2, 0) is 36.8 Å². The van der Waals surface area contributed by atoms with Crippen LogP contribution in [0, 0.1) is 0 Å². The molecule has 3 amide bonds. The van der Waals surface area contributed by atoms with Crippen molar-refractivity contribution in [2.75, 3.05) is 6.54 Å². The van der Waals surface area contributed by atoms with E-state index in [2.05, 4.69) is 16.0 Å². The lowest BCUT2D eigenvalue weighted by Crippen LogP contribution is -2.54. The van der Waals surface area contributed by atoms with E-state index in [0.29, 0.717) is 5.56 Å². The van der Waals surface area contributed by atoms with E-state index >= 15 is 0 Å². The number of hydrogen-bond acceptors (Lipinski definition) is 6. The molecular formula is C25H30N4O7. The fraction of sp³-hybridized carbons (Fsp3) is 0.320. The lowest BCUT2D eigenvalue weighted by Gasteiger charge is -2.21. The third kappa shape index (κ3) is 9.94. The summed E-state index contributed by atoms with van der Waals surface area (Å²) in [6, 6.07) is 14.2. The Kier molecular flexibility index (Phi) is 11.1. The minimum atomic E-state index is -1.32. The first-order chi connectivity index (χ1) is 17.2. The second-order valence-corrected chi connectivity index (χ2v) is 8.16. The first-order valence-electron chi connectivity index (χ1n) is 11.3. The van der Waals surface area contributed by atoms with Crippen LogP contribution in [0.15, 0.2) is 60.7 Å². The van der Waals surface area contributed by atoms with Gasteiger partial charge in [-0.1, -0.05) is 60.7 Å². The van der Waals surface area contributed by atoms with Crippen LogP contribution in [0.2, 0.25) is 0 Å². The fourth-order valence-corrected chi connectivity index (χ4v) is 3.36. The Bertz CT molecular complexity index is 1050. The highest BCUT2D eigenvalue weighted by Crippen LogP contribution is 2.06. The van der Waals surface area contributed by atoms with E-state index in [1.165, 1.54) is 0 Å². The van der Waals surface area contributed by atoms with Gasteiger partial charge in [-0.3, -0.25) is 19.2 Å². The zero-order valence-corrected chi connectivity index (χ0v) is 19.6. The number of carbonyl (C=O) groups excluding carboxylic acids is 3. The van der Waals surface area contributed by atoms with Crippen molar-refractivity contribution < 1.29 is 34.2 Å². The molecule has 0 aromatic heterocycles. The van der Waals surface area contributed by atoms with Gasteiger partial charge >= 0.3 is 11.9 Å². The monoisotopic (exact) mass is 498 g/mol. The number of aliphatic carboxylic acids is 2. The van der Waals surface area contributed by atoms with E-state index < -0.39 is 60.8 Å². The van der Waals surface area contributed by atoms with Crippen LogP contribution < -0.4 is 21.7 Å². The second-order valence-electron chi connectivity index (χ2n) is 8.16. The number of nitrogens with one attached hydrogen (secondary N) is 3. The van der Waals surface area contributed by atoms with Gasteiger partial charge in [0.15, 0.2) is 0 Å². The number of carbonyl (C=O) groups is 5. The molecule has 3 atom stereocenters. The molecule has 0 saturated heterocycles. The van der Waals surface area contributed by atoms with Crippen molar-refractivity contribution in [2.45, 2.75) is 43.8 Å². The number of carboxylic acid groups (broad SMARTS) is 2. The van der Waals surface area contributed by atoms with Gasteiger partial charge in [-0.25, -0.2) is 4.79 Å². The Morgan fingerprint density at radius 2 is 1.31 bits per heavy atom. The Morgan fingerprint density at radius 1 is 0.750 bits per heavy atom. The van der Waals surface area contributed by atoms with Gasteiger partial charge in [0.25, 0.3) is 0 Å². The highest BCUT2D eigenvalue weighted by atomic mass is 16.4. The molecule has 2 aromatic rings. The van der Waals surface area contributed by atoms with E-state index in [9.17, 15) is 29.1 Å². The molecule has 0 aliphatic rings. The molecule has 2 aromatic carbocycles. The fourth-order valence-electron chi connectivity index (χ4n) is 3.36. The first-order valence-corrected chi connectivity index (χ1v) is 11.3. The average Bonchev–Trinajstić information content (AvgIpc) is 2.85. The SMILES string of the molecule is NC(Cc1ccccc1)C(=O)NCC(=O)NC(CCC(=O)O)C(=O)NC(Cc1ccccc1)C(=O)O. The molecule has 0 fully saturated rings. The maximum absolute atomic E-state index is 12.8. The molecule has 2 rings (SSSR count). The minimum Gasteiger partial charge on any atom is -0.481 e. The van der Waals surface area contributed by atoms with Crippen molar-refractivity contribution in [3.63, 3.8) is 0 Å². The van der Waals surface area contributed by atoms with Crippen LogP contribution in [0.5, 0.6) is 0 Å². The van der Waals surface area contributed by atoms with E-state index in [0.717, 1.165) is 5.56 Å². The summed E-state index contributed by atoms with van der Waals surface area (Å²) < 4.78 is 0. The Morgan fingerprint density at radius 3 is 1.83 bits per heavy atom. The maximum Gasteiger partial charge on any atom is 0.326 e. The number of amides is 3. The van der Waals surface area contributed by atoms with E-state index in [1.54, 1.807) is 30.3 Å². The second kappa shape index (κ2) is 14.2. The van der Waals surface area contributed by atoms with E-state index in [1.807, 2.05) is 30.3 Å². The topological polar surface area (TPSA) is 188 Å². The molecule has 192 valence electrons. The van der Waals surface area contributed by atoms with E-state index in [-0.39, 0.29) is 19.3 Å². The summed E-state index contributed by atoms with van der Waals surface area (Å²) in [5.41, 5.74) is 7.40. The lowest BCUT2D eigenvalue weighted by atomic mass is 10.0. The predicted molar refractivity (Wildman–Crippen MR) is 130 cm³/mol. The predicted octanol–water partition coefficient (Wildman–Crippen LogP) is -0.166. The van der Waals surface area contributed by atoms with Gasteiger partial charge in [0.05, 0.1) is 12.6 Å². The third-order valence-electron chi connectivity index (χ3n) is 5.25. The van der Waals surface area contributed by atoms with Crippen molar-refractivity contribution in [3.8, 4) is 0 Å². The molecule has 0 radical (unpaired) electrons. The van der Waals surface area contributed by atoms with Crippen molar-refractivity contribution in [3.05, 3.63) is 71.8 Å². The van der Waals surface area contributed by atoms with Crippen molar-refractivity contribution in [1.82, 2.24) is 16.0 Å². The number of hydrogen-bond donors (Lipinski definition) is 6. The number of rotatable bonds is 14. The van der Waals surface area contributed by atoms with Gasteiger partial charge in [-0.15, -0.1) is 0 Å². The number of benzene rings is 2. The molecule has 0 aliphatic heterocycles. The molecule has 11 heteroatoms. The molecule has 0 spiro atoms.